The highest BCUT2D eigenvalue weighted by molar-refractivity contribution is 5.79. The maximum Gasteiger partial charge on any atom is 0.0575 e. The second kappa shape index (κ2) is 8.16. The number of nitrogens with two attached hydrogens (primary N) is 1. The molecule has 3 rings (SSSR count). The van der Waals surface area contributed by atoms with E-state index in [9.17, 15) is 0 Å². The third kappa shape index (κ3) is 4.07. The highest BCUT2D eigenvalue weighted by atomic mass is 15.2. The number of anilines is 1. The molecule has 27 heavy (non-hydrogen) atoms. The monoisotopic (exact) mass is 357 g/mol. The first-order valence-electron chi connectivity index (χ1n) is 9.34. The third-order valence-electron chi connectivity index (χ3n) is 4.93. The van der Waals surface area contributed by atoms with Gasteiger partial charge in [0.25, 0.3) is 0 Å². The molecule has 1 aliphatic rings. The van der Waals surface area contributed by atoms with Crippen molar-refractivity contribution in [2.45, 2.75) is 19.9 Å². The normalized spacial score (nSPS) is 13.7. The molecule has 0 radical (unpaired) electrons. The summed E-state index contributed by atoms with van der Waals surface area (Å²) in [5.74, 6) is 6.52. The van der Waals surface area contributed by atoms with Crippen LogP contribution >= 0.6 is 0 Å². The summed E-state index contributed by atoms with van der Waals surface area (Å²) in [5, 5.41) is 0. The zero-order chi connectivity index (χ0) is 19.4. The summed E-state index contributed by atoms with van der Waals surface area (Å²) in [6, 6.07) is 14.4. The summed E-state index contributed by atoms with van der Waals surface area (Å²) in [7, 11) is 2.06. The van der Waals surface area contributed by atoms with Crippen molar-refractivity contribution in [1.29, 1.82) is 0 Å². The number of rotatable bonds is 3. The van der Waals surface area contributed by atoms with Crippen LogP contribution in [0.5, 0.6) is 0 Å². The zero-order valence-corrected chi connectivity index (χ0v) is 16.3. The van der Waals surface area contributed by atoms with Gasteiger partial charge < -0.3 is 15.5 Å². The van der Waals surface area contributed by atoms with Gasteiger partial charge in [0.1, 0.15) is 0 Å². The van der Waals surface area contributed by atoms with E-state index in [2.05, 4.69) is 67.0 Å². The van der Waals surface area contributed by atoms with Crippen LogP contribution in [0.3, 0.4) is 0 Å². The van der Waals surface area contributed by atoms with E-state index in [0.717, 1.165) is 58.8 Å². The van der Waals surface area contributed by atoms with Crippen LogP contribution in [0.4, 0.5) is 5.69 Å². The van der Waals surface area contributed by atoms with Crippen molar-refractivity contribution in [3.63, 3.8) is 0 Å². The van der Waals surface area contributed by atoms with Gasteiger partial charge in [0, 0.05) is 48.2 Å². The van der Waals surface area contributed by atoms with Crippen LogP contribution in [0.15, 0.2) is 61.3 Å². The summed E-state index contributed by atoms with van der Waals surface area (Å²) in [4.78, 5) is 4.45. The van der Waals surface area contributed by atoms with E-state index in [1.54, 1.807) is 0 Å². The molecule has 2 aromatic carbocycles. The fraction of sp³-hybridized carbons (Fsp3) is 0.250. The second-order valence-corrected chi connectivity index (χ2v) is 6.88. The predicted molar refractivity (Wildman–Crippen MR) is 115 cm³/mol. The highest BCUT2D eigenvalue weighted by Crippen LogP contribution is 2.34. The molecule has 0 bridgehead atoms. The van der Waals surface area contributed by atoms with Crippen molar-refractivity contribution in [3.8, 4) is 11.8 Å². The fourth-order valence-corrected chi connectivity index (χ4v) is 3.25. The largest absolute Gasteiger partial charge is 0.366 e. The van der Waals surface area contributed by atoms with Gasteiger partial charge in [0.2, 0.25) is 0 Å². The Labute approximate surface area is 162 Å². The molecule has 0 atom stereocenters. The summed E-state index contributed by atoms with van der Waals surface area (Å²) in [5.41, 5.74) is 13.1. The van der Waals surface area contributed by atoms with Gasteiger partial charge in [-0.3, -0.25) is 0 Å². The molecule has 2 N–H and O–H groups in total. The SMILES string of the molecule is C=C1c2cc(C#Cc3ccc(CN)cc3)ccc2N(C)C(=C)CN1CCC. The first-order chi connectivity index (χ1) is 13.0. The van der Waals surface area contributed by atoms with E-state index in [4.69, 9.17) is 5.73 Å². The Kier molecular flexibility index (Phi) is 5.69. The Morgan fingerprint density at radius 1 is 1.04 bits per heavy atom. The van der Waals surface area contributed by atoms with Crippen molar-refractivity contribution >= 4 is 11.4 Å². The summed E-state index contributed by atoms with van der Waals surface area (Å²) < 4.78 is 0. The van der Waals surface area contributed by atoms with Gasteiger partial charge in [-0.15, -0.1) is 0 Å². The van der Waals surface area contributed by atoms with Gasteiger partial charge in [0.05, 0.1) is 12.2 Å². The standard InChI is InChI=1S/C24H27N3/c1-5-14-27-17-18(2)26(4)24-13-12-21(15-23(24)19(27)3)9-6-20-7-10-22(16-25)11-8-20/h7-8,10-13,15H,2-3,5,14,16-17,25H2,1,4H3. The predicted octanol–water partition coefficient (Wildman–Crippen LogP) is 4.19. The molecule has 0 aromatic heterocycles. The highest BCUT2D eigenvalue weighted by Gasteiger charge is 2.22. The molecule has 3 nitrogen and oxygen atoms in total. The Morgan fingerprint density at radius 3 is 2.37 bits per heavy atom. The maximum atomic E-state index is 5.65. The van der Waals surface area contributed by atoms with Gasteiger partial charge in [-0.05, 0) is 42.3 Å². The van der Waals surface area contributed by atoms with E-state index in [0.29, 0.717) is 6.54 Å². The Morgan fingerprint density at radius 2 is 1.70 bits per heavy atom. The topological polar surface area (TPSA) is 32.5 Å². The van der Waals surface area contributed by atoms with Crippen LogP contribution in [0.2, 0.25) is 0 Å². The van der Waals surface area contributed by atoms with Crippen LogP contribution in [-0.2, 0) is 6.54 Å². The number of fused-ring (bicyclic) bond motifs is 1. The minimum Gasteiger partial charge on any atom is -0.366 e. The molecule has 1 aliphatic heterocycles. The lowest BCUT2D eigenvalue weighted by atomic mass is 10.0. The van der Waals surface area contributed by atoms with Gasteiger partial charge in [-0.25, -0.2) is 0 Å². The Bertz CT molecular complexity index is 913. The van der Waals surface area contributed by atoms with Gasteiger partial charge in [-0.2, -0.15) is 0 Å². The Hall–Kier alpha value is -2.96. The molecular formula is C24H27N3. The Balaban J connectivity index is 1.95. The molecule has 0 saturated carbocycles. The summed E-state index contributed by atoms with van der Waals surface area (Å²) in [6.07, 6.45) is 1.07. The molecular weight excluding hydrogens is 330 g/mol. The first-order valence-corrected chi connectivity index (χ1v) is 9.34. The molecule has 1 heterocycles. The molecule has 0 amide bonds. The van der Waals surface area contributed by atoms with Crippen molar-refractivity contribution < 1.29 is 0 Å². The van der Waals surface area contributed by atoms with Crippen molar-refractivity contribution in [1.82, 2.24) is 4.90 Å². The van der Waals surface area contributed by atoms with Gasteiger partial charge >= 0.3 is 0 Å². The molecule has 3 heteroatoms. The van der Waals surface area contributed by atoms with E-state index in [1.807, 2.05) is 24.3 Å². The number of likely N-dealkylation sites (N-methyl/N-ethyl adjacent to an activating group) is 1. The number of hydrogen-bond acceptors (Lipinski definition) is 3. The van der Waals surface area contributed by atoms with E-state index < -0.39 is 0 Å². The van der Waals surface area contributed by atoms with Crippen LogP contribution in [0, 0.1) is 11.8 Å². The fourth-order valence-electron chi connectivity index (χ4n) is 3.25. The summed E-state index contributed by atoms with van der Waals surface area (Å²) in [6.45, 7) is 13.1. The first kappa shape index (κ1) is 18.8. The number of nitrogens with zero attached hydrogens (tertiary/aromatic N) is 2. The molecule has 0 saturated heterocycles. The number of hydrogen-bond donors (Lipinski definition) is 1. The molecule has 2 aromatic rings. The van der Waals surface area contributed by atoms with Crippen LogP contribution < -0.4 is 10.6 Å². The minimum absolute atomic E-state index is 0.549. The average Bonchev–Trinajstić information content (AvgIpc) is 2.78. The lowest BCUT2D eigenvalue weighted by molar-refractivity contribution is 0.429. The second-order valence-electron chi connectivity index (χ2n) is 6.88. The van der Waals surface area contributed by atoms with Crippen LogP contribution in [-0.4, -0.2) is 25.0 Å². The smallest absolute Gasteiger partial charge is 0.0575 e. The van der Waals surface area contributed by atoms with Crippen molar-refractivity contribution in [2.75, 3.05) is 25.0 Å². The minimum atomic E-state index is 0.549. The summed E-state index contributed by atoms with van der Waals surface area (Å²) >= 11 is 0. The van der Waals surface area contributed by atoms with Crippen molar-refractivity contribution in [2.24, 2.45) is 5.73 Å². The molecule has 0 aliphatic carbocycles. The van der Waals surface area contributed by atoms with Crippen LogP contribution in [0.1, 0.15) is 35.6 Å². The lowest BCUT2D eigenvalue weighted by Crippen LogP contribution is -2.26. The third-order valence-corrected chi connectivity index (χ3v) is 4.93. The molecule has 0 unspecified atom stereocenters. The lowest BCUT2D eigenvalue weighted by Gasteiger charge is -2.25. The molecule has 0 spiro atoms. The maximum absolute atomic E-state index is 5.65. The van der Waals surface area contributed by atoms with Crippen molar-refractivity contribution in [3.05, 3.63) is 83.6 Å². The van der Waals surface area contributed by atoms with E-state index in [1.165, 1.54) is 0 Å². The van der Waals surface area contributed by atoms with E-state index in [-0.39, 0.29) is 0 Å². The molecule has 0 fully saturated rings. The zero-order valence-electron chi connectivity index (χ0n) is 16.3. The molecule has 138 valence electrons. The quantitative estimate of drug-likeness (QED) is 0.836. The average molecular weight is 358 g/mol. The van der Waals surface area contributed by atoms with Gasteiger partial charge in [0.15, 0.2) is 0 Å². The number of benzene rings is 2. The van der Waals surface area contributed by atoms with Gasteiger partial charge in [-0.1, -0.05) is 44.1 Å². The van der Waals surface area contributed by atoms with E-state index >= 15 is 0 Å². The van der Waals surface area contributed by atoms with Crippen LogP contribution in [0.25, 0.3) is 5.70 Å².